The number of oxime groups is 1. The van der Waals surface area contributed by atoms with Gasteiger partial charge in [0.05, 0.1) is 17.2 Å². The van der Waals surface area contributed by atoms with Crippen molar-refractivity contribution in [3.8, 4) is 6.07 Å². The minimum atomic E-state index is -0.640. The van der Waals surface area contributed by atoms with Gasteiger partial charge in [0.25, 0.3) is 0 Å². The Labute approximate surface area is 155 Å². The van der Waals surface area contributed by atoms with Crippen LogP contribution >= 0.6 is 0 Å². The average molecular weight is 352 g/mol. The molecule has 0 fully saturated rings. The molecule has 0 aliphatic heterocycles. The van der Waals surface area contributed by atoms with Crippen LogP contribution in [-0.2, 0) is 4.84 Å². The molecule has 0 saturated carbocycles. The Balaban J connectivity index is 1.73. The normalized spacial score (nSPS) is 11.8. The lowest BCUT2D eigenvalue weighted by atomic mass is 9.84. The summed E-state index contributed by atoms with van der Waals surface area (Å²) < 4.78 is 0. The summed E-state index contributed by atoms with van der Waals surface area (Å²) in [7, 11) is 0. The molecule has 4 rings (SSSR count). The molecule has 0 heterocycles. The third kappa shape index (κ3) is 2.90. The van der Waals surface area contributed by atoms with E-state index in [0.717, 1.165) is 0 Å². The number of carbonyl (C=O) groups excluding carboxylic acids is 2. The van der Waals surface area contributed by atoms with Crippen molar-refractivity contribution in [1.29, 1.82) is 5.26 Å². The van der Waals surface area contributed by atoms with Crippen molar-refractivity contribution in [1.82, 2.24) is 0 Å². The van der Waals surface area contributed by atoms with E-state index in [0.29, 0.717) is 33.5 Å². The Morgan fingerprint density at radius 3 is 1.85 bits per heavy atom. The number of benzene rings is 3. The fourth-order valence-corrected chi connectivity index (χ4v) is 2.98. The first-order chi connectivity index (χ1) is 13.2. The first-order valence-electron chi connectivity index (χ1n) is 8.22. The van der Waals surface area contributed by atoms with E-state index in [1.807, 2.05) is 6.07 Å². The Kier molecular flexibility index (Phi) is 4.07. The van der Waals surface area contributed by atoms with Gasteiger partial charge in [-0.15, -0.1) is 0 Å². The molecular formula is C22H12N2O3. The van der Waals surface area contributed by atoms with E-state index in [9.17, 15) is 9.59 Å². The minimum Gasteiger partial charge on any atom is -0.312 e. The zero-order valence-electron chi connectivity index (χ0n) is 14.0. The molecule has 27 heavy (non-hydrogen) atoms. The number of nitriles is 1. The quantitative estimate of drug-likeness (QED) is 0.407. The molecule has 5 nitrogen and oxygen atoms in total. The molecular weight excluding hydrogens is 340 g/mol. The molecule has 1 aliphatic rings. The summed E-state index contributed by atoms with van der Waals surface area (Å²) >= 11 is 0. The smallest absolute Gasteiger partial charge is 0.312 e. The highest BCUT2D eigenvalue weighted by Crippen LogP contribution is 2.27. The van der Waals surface area contributed by atoms with Crippen molar-refractivity contribution < 1.29 is 14.4 Å². The number of rotatable bonds is 2. The zero-order chi connectivity index (χ0) is 18.8. The van der Waals surface area contributed by atoms with E-state index >= 15 is 0 Å². The fourth-order valence-electron chi connectivity index (χ4n) is 2.98. The van der Waals surface area contributed by atoms with Crippen LogP contribution in [0.4, 0.5) is 0 Å². The number of hydrogen-bond acceptors (Lipinski definition) is 5. The number of hydrogen-bond donors (Lipinski definition) is 0. The molecule has 0 aromatic heterocycles. The van der Waals surface area contributed by atoms with Gasteiger partial charge >= 0.3 is 5.97 Å². The average Bonchev–Trinajstić information content (AvgIpc) is 2.73. The lowest BCUT2D eigenvalue weighted by Crippen LogP contribution is -2.22. The summed E-state index contributed by atoms with van der Waals surface area (Å²) in [5.74, 6) is -0.725. The molecule has 0 unspecified atom stereocenters. The van der Waals surface area contributed by atoms with Gasteiger partial charge in [0, 0.05) is 22.3 Å². The molecule has 1 aliphatic carbocycles. The van der Waals surface area contributed by atoms with Crippen molar-refractivity contribution in [2.45, 2.75) is 0 Å². The molecule has 3 aromatic rings. The van der Waals surface area contributed by atoms with Crippen LogP contribution in [0.15, 0.2) is 78.0 Å². The van der Waals surface area contributed by atoms with E-state index in [1.165, 1.54) is 24.3 Å². The highest BCUT2D eigenvalue weighted by atomic mass is 16.7. The topological polar surface area (TPSA) is 79.5 Å². The summed E-state index contributed by atoms with van der Waals surface area (Å²) in [5, 5.41) is 12.9. The zero-order valence-corrected chi connectivity index (χ0v) is 14.0. The predicted octanol–water partition coefficient (Wildman–Crippen LogP) is 3.71. The molecule has 0 bridgehead atoms. The third-order valence-electron chi connectivity index (χ3n) is 4.32. The maximum Gasteiger partial charge on any atom is 0.365 e. The lowest BCUT2D eigenvalue weighted by Gasteiger charge is -2.19. The van der Waals surface area contributed by atoms with Gasteiger partial charge < -0.3 is 4.84 Å². The van der Waals surface area contributed by atoms with Gasteiger partial charge in [0.15, 0.2) is 5.78 Å². The summed E-state index contributed by atoms with van der Waals surface area (Å²) in [4.78, 5) is 30.1. The summed E-state index contributed by atoms with van der Waals surface area (Å²) in [5.41, 5.74) is 3.44. The highest BCUT2D eigenvalue weighted by Gasteiger charge is 2.28. The molecule has 0 atom stereocenters. The Hall–Kier alpha value is -4.04. The number of nitrogens with zero attached hydrogens (tertiary/aromatic N) is 2. The van der Waals surface area contributed by atoms with Crippen LogP contribution in [0.2, 0.25) is 0 Å². The minimum absolute atomic E-state index is 0.0847. The van der Waals surface area contributed by atoms with E-state index in [2.05, 4.69) is 5.16 Å². The van der Waals surface area contributed by atoms with E-state index in [-0.39, 0.29) is 11.3 Å². The maximum atomic E-state index is 12.7. The molecule has 5 heteroatoms. The molecule has 0 radical (unpaired) electrons. The molecule has 0 spiro atoms. The molecule has 3 aromatic carbocycles. The summed E-state index contributed by atoms with van der Waals surface area (Å²) in [6, 6.07) is 22.3. The lowest BCUT2D eigenvalue weighted by molar-refractivity contribution is 0.0517. The number of ketones is 1. The van der Waals surface area contributed by atoms with Crippen molar-refractivity contribution in [3.63, 3.8) is 0 Å². The summed E-state index contributed by atoms with van der Waals surface area (Å²) in [6.45, 7) is 0. The van der Waals surface area contributed by atoms with Crippen molar-refractivity contribution in [3.05, 3.63) is 106 Å². The van der Waals surface area contributed by atoms with Gasteiger partial charge in [-0.1, -0.05) is 53.7 Å². The first kappa shape index (κ1) is 16.4. The van der Waals surface area contributed by atoms with Crippen LogP contribution in [0.5, 0.6) is 0 Å². The van der Waals surface area contributed by atoms with Gasteiger partial charge in [-0.3, -0.25) is 4.79 Å². The second kappa shape index (κ2) is 6.70. The molecule has 0 N–H and O–H groups in total. The highest BCUT2D eigenvalue weighted by molar-refractivity contribution is 6.30. The van der Waals surface area contributed by atoms with Crippen LogP contribution in [-0.4, -0.2) is 17.5 Å². The van der Waals surface area contributed by atoms with Gasteiger partial charge in [0.1, 0.15) is 5.71 Å². The van der Waals surface area contributed by atoms with Crippen LogP contribution in [0, 0.1) is 11.3 Å². The number of carbonyl (C=O) groups is 2. The van der Waals surface area contributed by atoms with Crippen LogP contribution < -0.4 is 0 Å². The van der Waals surface area contributed by atoms with Gasteiger partial charge in [-0.2, -0.15) is 5.26 Å². The standard InChI is InChI=1S/C22H12N2O3/c23-13-14-9-11-15(12-10-14)22(26)27-24-20-16-5-1-3-7-18(16)21(25)19-8-4-2-6-17(19)20/h1-12H. The number of fused-ring (bicyclic) bond motifs is 2. The van der Waals surface area contributed by atoms with Crippen LogP contribution in [0.1, 0.15) is 43.0 Å². The van der Waals surface area contributed by atoms with Gasteiger partial charge in [-0.05, 0) is 24.3 Å². The van der Waals surface area contributed by atoms with Crippen molar-refractivity contribution >= 4 is 17.5 Å². The Bertz CT molecular complexity index is 1090. The Morgan fingerprint density at radius 1 is 0.815 bits per heavy atom. The predicted molar refractivity (Wildman–Crippen MR) is 98.5 cm³/mol. The van der Waals surface area contributed by atoms with Crippen molar-refractivity contribution in [2.24, 2.45) is 5.16 Å². The van der Waals surface area contributed by atoms with E-state index in [1.54, 1.807) is 48.5 Å². The fraction of sp³-hybridized carbons (Fsp3) is 0. The molecule has 0 amide bonds. The van der Waals surface area contributed by atoms with Gasteiger partial charge in [-0.25, -0.2) is 4.79 Å². The third-order valence-corrected chi connectivity index (χ3v) is 4.32. The first-order valence-corrected chi connectivity index (χ1v) is 8.22. The van der Waals surface area contributed by atoms with E-state index < -0.39 is 5.97 Å². The van der Waals surface area contributed by atoms with Gasteiger partial charge in [0.2, 0.25) is 0 Å². The second-order valence-electron chi connectivity index (χ2n) is 5.93. The maximum absolute atomic E-state index is 12.7. The molecule has 128 valence electrons. The van der Waals surface area contributed by atoms with Crippen molar-refractivity contribution in [2.75, 3.05) is 0 Å². The van der Waals surface area contributed by atoms with Crippen LogP contribution in [0.3, 0.4) is 0 Å². The Morgan fingerprint density at radius 2 is 1.33 bits per heavy atom. The SMILES string of the molecule is N#Cc1ccc(C(=O)ON=C2c3ccccc3C(=O)c3ccccc32)cc1. The second-order valence-corrected chi connectivity index (χ2v) is 5.93. The summed E-state index contributed by atoms with van der Waals surface area (Å²) in [6.07, 6.45) is 0. The molecule has 0 saturated heterocycles. The van der Waals surface area contributed by atoms with Crippen LogP contribution in [0.25, 0.3) is 0 Å². The monoisotopic (exact) mass is 352 g/mol. The largest absolute Gasteiger partial charge is 0.365 e. The van der Waals surface area contributed by atoms with E-state index in [4.69, 9.17) is 10.1 Å².